The monoisotopic (exact) mass is 386 g/mol. The number of ether oxygens (including phenoxy) is 1. The van der Waals surface area contributed by atoms with E-state index >= 15 is 0 Å². The zero-order valence-corrected chi connectivity index (χ0v) is 17.6. The van der Waals surface area contributed by atoms with Gasteiger partial charge in [0.2, 0.25) is 0 Å². The number of hydrogen-bond donors (Lipinski definition) is 1. The van der Waals surface area contributed by atoms with E-state index in [-0.39, 0.29) is 11.9 Å². The van der Waals surface area contributed by atoms with Crippen LogP contribution in [0.4, 0.5) is 0 Å². The van der Waals surface area contributed by atoms with Crippen LogP contribution in [0.3, 0.4) is 0 Å². The van der Waals surface area contributed by atoms with E-state index in [2.05, 4.69) is 38.2 Å². The van der Waals surface area contributed by atoms with Gasteiger partial charge in [0.05, 0.1) is 6.61 Å². The van der Waals surface area contributed by atoms with Crippen molar-refractivity contribution >= 4 is 29.3 Å². The van der Waals surface area contributed by atoms with Gasteiger partial charge < -0.3 is 10.1 Å². The van der Waals surface area contributed by atoms with E-state index in [9.17, 15) is 4.79 Å². The second kappa shape index (κ2) is 8.42. The van der Waals surface area contributed by atoms with Crippen LogP contribution in [-0.4, -0.2) is 28.6 Å². The van der Waals surface area contributed by atoms with Crippen LogP contribution in [0.2, 0.25) is 0 Å². The first-order chi connectivity index (χ1) is 12.9. The van der Waals surface area contributed by atoms with E-state index < -0.39 is 0 Å². The summed E-state index contributed by atoms with van der Waals surface area (Å²) in [7, 11) is 0. The van der Waals surface area contributed by atoms with Crippen LogP contribution in [0.25, 0.3) is 6.08 Å². The Hall–Kier alpha value is -1.88. The Morgan fingerprint density at radius 1 is 1.30 bits per heavy atom. The lowest BCUT2D eigenvalue weighted by Gasteiger charge is -2.29. The average Bonchev–Trinajstić information content (AvgIpc) is 2.91. The molecule has 5 heteroatoms. The van der Waals surface area contributed by atoms with Gasteiger partial charge >= 0.3 is 0 Å². The van der Waals surface area contributed by atoms with Crippen molar-refractivity contribution in [3.63, 3.8) is 0 Å². The van der Waals surface area contributed by atoms with Crippen molar-refractivity contribution in [3.05, 3.63) is 34.5 Å². The third-order valence-electron chi connectivity index (χ3n) is 5.47. The molecular weight excluding hydrogens is 356 g/mol. The average molecular weight is 387 g/mol. The Morgan fingerprint density at radius 2 is 2.00 bits per heavy atom. The molecular formula is C22H30N2O2S. The first-order valence-corrected chi connectivity index (χ1v) is 10.5. The molecule has 1 aromatic rings. The second-order valence-corrected chi connectivity index (χ2v) is 8.18. The van der Waals surface area contributed by atoms with E-state index in [0.29, 0.717) is 23.3 Å². The number of nitrogens with zero attached hydrogens (tertiary/aromatic N) is 1. The summed E-state index contributed by atoms with van der Waals surface area (Å²) in [4.78, 5) is 14.8. The van der Waals surface area contributed by atoms with Crippen LogP contribution < -0.4 is 10.1 Å². The maximum Gasteiger partial charge on any atom is 0.276 e. The maximum absolute atomic E-state index is 13.0. The van der Waals surface area contributed by atoms with Crippen LogP contribution in [0.15, 0.2) is 17.8 Å². The molecule has 1 saturated heterocycles. The summed E-state index contributed by atoms with van der Waals surface area (Å²) in [5, 5.41) is 3.70. The van der Waals surface area contributed by atoms with Crippen molar-refractivity contribution in [3.8, 4) is 5.75 Å². The largest absolute Gasteiger partial charge is 0.494 e. The molecule has 1 heterocycles. The van der Waals surface area contributed by atoms with Gasteiger partial charge in [-0.2, -0.15) is 0 Å². The normalized spacial score (nSPS) is 19.9. The number of hydrogen-bond acceptors (Lipinski definition) is 3. The van der Waals surface area contributed by atoms with Crippen LogP contribution in [0.5, 0.6) is 5.75 Å². The van der Waals surface area contributed by atoms with E-state index in [1.807, 2.05) is 13.0 Å². The molecule has 2 aliphatic rings. The summed E-state index contributed by atoms with van der Waals surface area (Å²) in [6, 6.07) is 4.45. The van der Waals surface area contributed by atoms with Crippen molar-refractivity contribution in [2.45, 2.75) is 71.8 Å². The summed E-state index contributed by atoms with van der Waals surface area (Å²) >= 11 is 5.48. The smallest absolute Gasteiger partial charge is 0.276 e. The van der Waals surface area contributed by atoms with Crippen LogP contribution in [0.1, 0.15) is 75.5 Å². The molecule has 1 aliphatic carbocycles. The van der Waals surface area contributed by atoms with Crippen molar-refractivity contribution in [1.82, 2.24) is 10.2 Å². The summed E-state index contributed by atoms with van der Waals surface area (Å²) in [5.74, 6) is 1.28. The van der Waals surface area contributed by atoms with Crippen molar-refractivity contribution < 1.29 is 9.53 Å². The fraction of sp³-hybridized carbons (Fsp3) is 0.545. The first-order valence-electron chi connectivity index (χ1n) is 10.1. The van der Waals surface area contributed by atoms with Crippen LogP contribution in [-0.2, 0) is 4.79 Å². The molecule has 27 heavy (non-hydrogen) atoms. The predicted molar refractivity (Wildman–Crippen MR) is 114 cm³/mol. The van der Waals surface area contributed by atoms with Gasteiger partial charge in [-0.05, 0) is 79.7 Å². The highest BCUT2D eigenvalue weighted by molar-refractivity contribution is 7.80. The molecule has 146 valence electrons. The lowest BCUT2D eigenvalue weighted by atomic mass is 9.94. The topological polar surface area (TPSA) is 41.6 Å². The summed E-state index contributed by atoms with van der Waals surface area (Å²) in [5.41, 5.74) is 3.86. The van der Waals surface area contributed by atoms with E-state index in [1.54, 1.807) is 4.90 Å². The van der Waals surface area contributed by atoms with Gasteiger partial charge in [0, 0.05) is 6.04 Å². The van der Waals surface area contributed by atoms with Gasteiger partial charge in [-0.1, -0.05) is 33.1 Å². The zero-order chi connectivity index (χ0) is 19.6. The minimum absolute atomic E-state index is 0.00582. The lowest BCUT2D eigenvalue weighted by Crippen LogP contribution is -2.41. The number of rotatable bonds is 5. The summed E-state index contributed by atoms with van der Waals surface area (Å²) in [6.07, 6.45) is 7.62. The molecule has 0 aromatic heterocycles. The van der Waals surface area contributed by atoms with E-state index in [4.69, 9.17) is 17.0 Å². The standard InChI is InChI=1S/C22H30N2O2S/c1-5-26-20-11-15(4)16(12-18(20)14(2)3)13-19-21(25)24(22(27)23-19)17-9-7-6-8-10-17/h11-14,17H,5-10H2,1-4H3,(H,23,27). The number of benzene rings is 1. The van der Waals surface area contributed by atoms with Gasteiger partial charge in [-0.15, -0.1) is 0 Å². The molecule has 0 radical (unpaired) electrons. The highest BCUT2D eigenvalue weighted by Crippen LogP contribution is 2.32. The first kappa shape index (κ1) is 19.9. The van der Waals surface area contributed by atoms with Gasteiger partial charge in [0.1, 0.15) is 11.4 Å². The van der Waals surface area contributed by atoms with E-state index in [0.717, 1.165) is 35.3 Å². The molecule has 1 saturated carbocycles. The lowest BCUT2D eigenvalue weighted by molar-refractivity contribution is -0.124. The van der Waals surface area contributed by atoms with Gasteiger partial charge in [0.15, 0.2) is 5.11 Å². The van der Waals surface area contributed by atoms with Gasteiger partial charge in [-0.3, -0.25) is 9.69 Å². The highest BCUT2D eigenvalue weighted by atomic mass is 32.1. The van der Waals surface area contributed by atoms with Gasteiger partial charge in [-0.25, -0.2) is 0 Å². The Morgan fingerprint density at radius 3 is 2.63 bits per heavy atom. The molecule has 4 nitrogen and oxygen atoms in total. The highest BCUT2D eigenvalue weighted by Gasteiger charge is 2.36. The minimum Gasteiger partial charge on any atom is -0.494 e. The fourth-order valence-electron chi connectivity index (χ4n) is 3.98. The fourth-order valence-corrected chi connectivity index (χ4v) is 4.32. The molecule has 0 bridgehead atoms. The molecule has 0 spiro atoms. The van der Waals surface area contributed by atoms with Gasteiger partial charge in [0.25, 0.3) is 5.91 Å². The minimum atomic E-state index is 0.00582. The molecule has 0 atom stereocenters. The number of amides is 1. The zero-order valence-electron chi connectivity index (χ0n) is 16.8. The second-order valence-electron chi connectivity index (χ2n) is 7.79. The van der Waals surface area contributed by atoms with Crippen molar-refractivity contribution in [2.24, 2.45) is 0 Å². The molecule has 1 amide bonds. The van der Waals surface area contributed by atoms with Crippen LogP contribution in [0, 0.1) is 6.92 Å². The Bertz CT molecular complexity index is 764. The molecule has 1 aromatic carbocycles. The molecule has 1 aliphatic heterocycles. The third kappa shape index (κ3) is 4.18. The number of thiocarbonyl (C=S) groups is 1. The number of nitrogens with one attached hydrogen (secondary N) is 1. The molecule has 0 unspecified atom stereocenters. The molecule has 3 rings (SSSR count). The third-order valence-corrected chi connectivity index (χ3v) is 5.77. The Labute approximate surface area is 168 Å². The summed E-state index contributed by atoms with van der Waals surface area (Å²) < 4.78 is 5.81. The van der Waals surface area contributed by atoms with Crippen molar-refractivity contribution in [1.29, 1.82) is 0 Å². The number of carbonyl (C=O) groups excluding carboxylic acids is 1. The molecule has 2 fully saturated rings. The predicted octanol–water partition coefficient (Wildman–Crippen LogP) is 4.91. The van der Waals surface area contributed by atoms with Crippen molar-refractivity contribution in [2.75, 3.05) is 6.61 Å². The van der Waals surface area contributed by atoms with E-state index in [1.165, 1.54) is 19.3 Å². The SMILES string of the molecule is CCOc1cc(C)c(C=C2NC(=S)N(C3CCCCC3)C2=O)cc1C(C)C. The summed E-state index contributed by atoms with van der Waals surface area (Å²) in [6.45, 7) is 9.00. The molecule has 1 N–H and O–H groups in total. The van der Waals surface area contributed by atoms with Crippen LogP contribution >= 0.6 is 12.2 Å². The Kier molecular flexibility index (Phi) is 6.20. The number of aryl methyl sites for hydroxylation is 1. The Balaban J connectivity index is 1.91. The maximum atomic E-state index is 13.0. The number of carbonyl (C=O) groups is 1. The quantitative estimate of drug-likeness (QED) is 0.577.